The van der Waals surface area contributed by atoms with Crippen LogP contribution in [0.15, 0.2) is 36.9 Å². The Morgan fingerprint density at radius 1 is 1.00 bits per heavy atom. The molecule has 0 amide bonds. The van der Waals surface area contributed by atoms with Gasteiger partial charge in [0.25, 0.3) is 0 Å². The highest BCUT2D eigenvalue weighted by Crippen LogP contribution is 2.17. The molecule has 3 heteroatoms. The summed E-state index contributed by atoms with van der Waals surface area (Å²) in [5.74, 6) is 1.25. The smallest absolute Gasteiger partial charge is 0.130 e. The molecule has 0 fully saturated rings. The van der Waals surface area contributed by atoms with Gasteiger partial charge in [-0.25, -0.2) is 9.97 Å². The minimum absolute atomic E-state index is 0.368. The first-order valence-corrected chi connectivity index (χ1v) is 4.99. The third-order valence-electron chi connectivity index (χ3n) is 2.18. The highest BCUT2D eigenvalue weighted by atomic mass is 14.9. The van der Waals surface area contributed by atoms with Gasteiger partial charge in [0, 0.05) is 41.8 Å². The van der Waals surface area contributed by atoms with E-state index in [-0.39, 0.29) is 0 Å². The minimum atomic E-state index is 0.368. The van der Waals surface area contributed by atoms with Gasteiger partial charge >= 0.3 is 0 Å². The van der Waals surface area contributed by atoms with Crippen LogP contribution in [0, 0.1) is 0 Å². The lowest BCUT2D eigenvalue weighted by Crippen LogP contribution is -1.96. The quantitative estimate of drug-likeness (QED) is 0.746. The summed E-state index contributed by atoms with van der Waals surface area (Å²) in [5, 5.41) is 0. The topological polar surface area (TPSA) is 38.7 Å². The molecule has 0 aliphatic rings. The Kier molecular flexibility index (Phi) is 2.72. The van der Waals surface area contributed by atoms with Crippen molar-refractivity contribution in [3.8, 4) is 11.1 Å². The molecule has 0 aliphatic carbocycles. The molecule has 0 atom stereocenters. The van der Waals surface area contributed by atoms with Crippen molar-refractivity contribution in [3.05, 3.63) is 42.7 Å². The Morgan fingerprint density at radius 2 is 1.73 bits per heavy atom. The van der Waals surface area contributed by atoms with Crippen LogP contribution in [-0.4, -0.2) is 15.0 Å². The van der Waals surface area contributed by atoms with Crippen LogP contribution < -0.4 is 0 Å². The standard InChI is InChI=1S/C12H13N3/c1-9(2)12-14-7-11(8-15-12)10-4-3-5-13-6-10/h3-9H,1-2H3. The Hall–Kier alpha value is -1.77. The molecule has 0 saturated heterocycles. The number of aromatic nitrogens is 3. The fourth-order valence-electron chi connectivity index (χ4n) is 1.32. The fourth-order valence-corrected chi connectivity index (χ4v) is 1.32. The molecule has 0 bridgehead atoms. The third kappa shape index (κ3) is 2.18. The Bertz CT molecular complexity index is 420. The molecule has 0 saturated carbocycles. The largest absolute Gasteiger partial charge is 0.264 e. The van der Waals surface area contributed by atoms with Crippen molar-refractivity contribution in [2.75, 3.05) is 0 Å². The number of hydrogen-bond acceptors (Lipinski definition) is 3. The average Bonchev–Trinajstić information content (AvgIpc) is 2.30. The van der Waals surface area contributed by atoms with Gasteiger partial charge in [0.2, 0.25) is 0 Å². The van der Waals surface area contributed by atoms with Gasteiger partial charge in [0.05, 0.1) is 0 Å². The van der Waals surface area contributed by atoms with Crippen LogP contribution in [0.4, 0.5) is 0 Å². The van der Waals surface area contributed by atoms with Crippen molar-refractivity contribution in [1.82, 2.24) is 15.0 Å². The molecule has 2 aromatic rings. The van der Waals surface area contributed by atoms with Gasteiger partial charge in [0.1, 0.15) is 5.82 Å². The van der Waals surface area contributed by atoms with Gasteiger partial charge in [-0.3, -0.25) is 4.98 Å². The van der Waals surface area contributed by atoms with Gasteiger partial charge in [-0.2, -0.15) is 0 Å². The minimum Gasteiger partial charge on any atom is -0.264 e. The van der Waals surface area contributed by atoms with E-state index in [1.807, 2.05) is 30.7 Å². The van der Waals surface area contributed by atoms with E-state index in [0.717, 1.165) is 17.0 Å². The molecule has 0 spiro atoms. The van der Waals surface area contributed by atoms with Gasteiger partial charge in [-0.15, -0.1) is 0 Å². The molecular weight excluding hydrogens is 186 g/mol. The van der Waals surface area contributed by atoms with E-state index < -0.39 is 0 Å². The monoisotopic (exact) mass is 199 g/mol. The van der Waals surface area contributed by atoms with Crippen LogP contribution >= 0.6 is 0 Å². The van der Waals surface area contributed by atoms with Crippen LogP contribution in [0.2, 0.25) is 0 Å². The first-order valence-electron chi connectivity index (χ1n) is 4.99. The number of rotatable bonds is 2. The third-order valence-corrected chi connectivity index (χ3v) is 2.18. The summed E-state index contributed by atoms with van der Waals surface area (Å²) in [4.78, 5) is 12.7. The van der Waals surface area contributed by atoms with Gasteiger partial charge in [-0.1, -0.05) is 19.9 Å². The van der Waals surface area contributed by atoms with Gasteiger partial charge in [-0.05, 0) is 6.07 Å². The van der Waals surface area contributed by atoms with Crippen molar-refractivity contribution < 1.29 is 0 Å². The second-order valence-electron chi connectivity index (χ2n) is 3.73. The van der Waals surface area contributed by atoms with E-state index in [0.29, 0.717) is 5.92 Å². The second kappa shape index (κ2) is 4.17. The van der Waals surface area contributed by atoms with E-state index in [1.54, 1.807) is 6.20 Å². The molecule has 2 rings (SSSR count). The van der Waals surface area contributed by atoms with E-state index in [4.69, 9.17) is 0 Å². The van der Waals surface area contributed by atoms with Crippen molar-refractivity contribution >= 4 is 0 Å². The van der Waals surface area contributed by atoms with E-state index in [2.05, 4.69) is 28.8 Å². The Balaban J connectivity index is 2.32. The predicted molar refractivity (Wildman–Crippen MR) is 59.4 cm³/mol. The molecule has 0 N–H and O–H groups in total. The van der Waals surface area contributed by atoms with Gasteiger partial charge in [0.15, 0.2) is 0 Å². The average molecular weight is 199 g/mol. The maximum atomic E-state index is 4.32. The molecule has 0 radical (unpaired) electrons. The fraction of sp³-hybridized carbons (Fsp3) is 0.250. The summed E-state index contributed by atoms with van der Waals surface area (Å²) >= 11 is 0. The number of nitrogens with zero attached hydrogens (tertiary/aromatic N) is 3. The molecule has 15 heavy (non-hydrogen) atoms. The molecule has 2 heterocycles. The molecule has 3 nitrogen and oxygen atoms in total. The summed E-state index contributed by atoms with van der Waals surface area (Å²) in [6.45, 7) is 4.16. The van der Waals surface area contributed by atoms with Crippen molar-refractivity contribution in [2.24, 2.45) is 0 Å². The molecule has 0 aliphatic heterocycles. The van der Waals surface area contributed by atoms with Crippen LogP contribution in [0.5, 0.6) is 0 Å². The summed E-state index contributed by atoms with van der Waals surface area (Å²) in [6.07, 6.45) is 7.26. The first kappa shape index (κ1) is 9.77. The molecule has 0 aromatic carbocycles. The Morgan fingerprint density at radius 3 is 2.27 bits per heavy atom. The zero-order chi connectivity index (χ0) is 10.7. The van der Waals surface area contributed by atoms with Crippen LogP contribution in [0.3, 0.4) is 0 Å². The van der Waals surface area contributed by atoms with Crippen LogP contribution in [0.25, 0.3) is 11.1 Å². The van der Waals surface area contributed by atoms with Crippen molar-refractivity contribution in [3.63, 3.8) is 0 Å². The molecule has 2 aromatic heterocycles. The predicted octanol–water partition coefficient (Wildman–Crippen LogP) is 2.66. The van der Waals surface area contributed by atoms with Crippen LogP contribution in [0.1, 0.15) is 25.6 Å². The number of hydrogen-bond donors (Lipinski definition) is 0. The lowest BCUT2D eigenvalue weighted by molar-refractivity contribution is 0.775. The molecule has 76 valence electrons. The highest BCUT2D eigenvalue weighted by molar-refractivity contribution is 5.59. The maximum absolute atomic E-state index is 4.32. The number of pyridine rings is 1. The Labute approximate surface area is 89.2 Å². The van der Waals surface area contributed by atoms with E-state index >= 15 is 0 Å². The lowest BCUT2D eigenvalue weighted by atomic mass is 10.1. The second-order valence-corrected chi connectivity index (χ2v) is 3.73. The van der Waals surface area contributed by atoms with Crippen LogP contribution in [-0.2, 0) is 0 Å². The summed E-state index contributed by atoms with van der Waals surface area (Å²) in [7, 11) is 0. The molecule has 0 unspecified atom stereocenters. The van der Waals surface area contributed by atoms with E-state index in [1.165, 1.54) is 0 Å². The molecular formula is C12H13N3. The zero-order valence-electron chi connectivity index (χ0n) is 8.88. The van der Waals surface area contributed by atoms with E-state index in [9.17, 15) is 0 Å². The SMILES string of the molecule is CC(C)c1ncc(-c2cccnc2)cn1. The highest BCUT2D eigenvalue weighted by Gasteiger charge is 2.03. The first-order chi connectivity index (χ1) is 7.27. The van der Waals surface area contributed by atoms with Crippen molar-refractivity contribution in [2.45, 2.75) is 19.8 Å². The zero-order valence-corrected chi connectivity index (χ0v) is 8.88. The maximum Gasteiger partial charge on any atom is 0.130 e. The lowest BCUT2D eigenvalue weighted by Gasteiger charge is -2.04. The van der Waals surface area contributed by atoms with Gasteiger partial charge < -0.3 is 0 Å². The summed E-state index contributed by atoms with van der Waals surface area (Å²) < 4.78 is 0. The summed E-state index contributed by atoms with van der Waals surface area (Å²) in [5.41, 5.74) is 2.06. The van der Waals surface area contributed by atoms with Crippen molar-refractivity contribution in [1.29, 1.82) is 0 Å². The summed E-state index contributed by atoms with van der Waals surface area (Å²) in [6, 6.07) is 3.91. The normalized spacial score (nSPS) is 10.6.